The van der Waals surface area contributed by atoms with E-state index < -0.39 is 11.3 Å². The third-order valence-corrected chi connectivity index (χ3v) is 4.91. The molecule has 0 amide bonds. The zero-order valence-electron chi connectivity index (χ0n) is 20.1. The van der Waals surface area contributed by atoms with Crippen molar-refractivity contribution in [2.45, 2.75) is 13.8 Å². The van der Waals surface area contributed by atoms with Crippen LogP contribution in [0.15, 0.2) is 87.6 Å². The van der Waals surface area contributed by atoms with Crippen molar-refractivity contribution in [3.8, 4) is 11.5 Å². The summed E-state index contributed by atoms with van der Waals surface area (Å²) in [7, 11) is 0. The smallest absolute Gasteiger partial charge is 0.384 e. The van der Waals surface area contributed by atoms with E-state index in [0.29, 0.717) is 47.5 Å². The van der Waals surface area contributed by atoms with Crippen LogP contribution in [0.3, 0.4) is 0 Å². The number of nitrogens with one attached hydrogen (secondary N) is 2. The molecule has 0 spiro atoms. The first kappa shape index (κ1) is 25.3. The van der Waals surface area contributed by atoms with E-state index in [1.165, 1.54) is 0 Å². The Bertz CT molecular complexity index is 1390. The number of benzene rings is 2. The van der Waals surface area contributed by atoms with Crippen LogP contribution in [0.5, 0.6) is 11.5 Å². The molecule has 2 N–H and O–H groups in total. The van der Waals surface area contributed by atoms with Gasteiger partial charge in [-0.05, 0) is 38.1 Å². The van der Waals surface area contributed by atoms with Gasteiger partial charge in [0, 0.05) is 0 Å². The molecule has 2 aromatic carbocycles. The highest BCUT2D eigenvalue weighted by Crippen LogP contribution is 2.29. The summed E-state index contributed by atoms with van der Waals surface area (Å²) in [6.45, 7) is 4.46. The Kier molecular flexibility index (Phi) is 8.39. The lowest BCUT2D eigenvalue weighted by atomic mass is 10.3. The van der Waals surface area contributed by atoms with Gasteiger partial charge in [-0.2, -0.15) is 0 Å². The summed E-state index contributed by atoms with van der Waals surface area (Å²) in [6, 6.07) is 14.1. The lowest BCUT2D eigenvalue weighted by molar-refractivity contribution is 0.0767. The summed E-state index contributed by atoms with van der Waals surface area (Å²) in [5, 5.41) is 21.0. The second-order valence-corrected chi connectivity index (χ2v) is 7.58. The fourth-order valence-corrected chi connectivity index (χ4v) is 3.03. The van der Waals surface area contributed by atoms with E-state index >= 15 is 0 Å². The second-order valence-electron chi connectivity index (χ2n) is 7.58. The highest BCUT2D eigenvalue weighted by atomic mass is 16.5. The topological polar surface area (TPSA) is 169 Å². The van der Waals surface area contributed by atoms with Gasteiger partial charge >= 0.3 is 11.3 Å². The standard InChI is InChI=1S/C24H24N6O7/c1-15-21(23(31)36-29-15)27-25-17-7-3-5-9-19(17)34-13-11-33-12-14-35-20-10-6-4-8-18(20)26-28-22-16(2)30-37-24(22)32/h3-10,29-30H,11-14H2,1-2H3. The number of nitrogens with zero attached hydrogens (tertiary/aromatic N) is 4. The third kappa shape index (κ3) is 6.67. The zero-order chi connectivity index (χ0) is 26.0. The van der Waals surface area contributed by atoms with Gasteiger partial charge in [0.2, 0.25) is 0 Å². The van der Waals surface area contributed by atoms with Gasteiger partial charge in [0.15, 0.2) is 11.4 Å². The predicted molar refractivity (Wildman–Crippen MR) is 131 cm³/mol. The largest absolute Gasteiger partial charge is 0.489 e. The summed E-state index contributed by atoms with van der Waals surface area (Å²) in [4.78, 5) is 23.2. The van der Waals surface area contributed by atoms with E-state index in [-0.39, 0.29) is 24.6 Å². The van der Waals surface area contributed by atoms with E-state index in [1.54, 1.807) is 62.4 Å². The maximum atomic E-state index is 11.6. The molecular formula is C24H24N6O7. The highest BCUT2D eigenvalue weighted by Gasteiger charge is 2.09. The lowest BCUT2D eigenvalue weighted by Crippen LogP contribution is -2.12. The number of aryl methyl sites for hydroxylation is 2. The molecule has 2 heterocycles. The van der Waals surface area contributed by atoms with Gasteiger partial charge in [0.1, 0.15) is 36.1 Å². The molecule has 0 fully saturated rings. The molecule has 0 radical (unpaired) electrons. The second kappa shape index (κ2) is 12.3. The van der Waals surface area contributed by atoms with Crippen LogP contribution in [0.4, 0.5) is 22.7 Å². The average Bonchev–Trinajstić information content (AvgIpc) is 3.40. The average molecular weight is 508 g/mol. The SMILES string of the molecule is Cc1[nH]oc(=O)c1N=Nc1ccccc1OCCOCCOc1ccccc1N=Nc1c(C)[nH]oc1=O. The van der Waals surface area contributed by atoms with Crippen molar-refractivity contribution < 1.29 is 23.3 Å². The monoisotopic (exact) mass is 508 g/mol. The molecule has 4 aromatic rings. The van der Waals surface area contributed by atoms with Crippen LogP contribution in [0, 0.1) is 13.8 Å². The van der Waals surface area contributed by atoms with Gasteiger partial charge < -0.3 is 23.3 Å². The van der Waals surface area contributed by atoms with Gasteiger partial charge in [0.25, 0.3) is 0 Å². The minimum Gasteiger partial charge on any atom is -0.489 e. The molecule has 0 saturated heterocycles. The Morgan fingerprint density at radius 3 is 1.49 bits per heavy atom. The highest BCUT2D eigenvalue weighted by molar-refractivity contribution is 5.52. The van der Waals surface area contributed by atoms with E-state index in [4.69, 9.17) is 14.2 Å². The summed E-state index contributed by atoms with van der Waals surface area (Å²) < 4.78 is 26.4. The molecule has 13 heteroatoms. The molecule has 0 aliphatic rings. The van der Waals surface area contributed by atoms with E-state index in [9.17, 15) is 9.59 Å². The minimum atomic E-state index is -0.593. The summed E-state index contributed by atoms with van der Waals surface area (Å²) in [5.41, 5.74) is 0.910. The van der Waals surface area contributed by atoms with E-state index in [0.717, 1.165) is 0 Å². The predicted octanol–water partition coefficient (Wildman–Crippen LogP) is 5.17. The molecule has 0 aliphatic heterocycles. The third-order valence-electron chi connectivity index (χ3n) is 4.91. The number of aromatic amines is 2. The number of para-hydroxylation sites is 2. The molecule has 0 atom stereocenters. The Morgan fingerprint density at radius 2 is 1.08 bits per heavy atom. The lowest BCUT2D eigenvalue weighted by Gasteiger charge is -2.10. The van der Waals surface area contributed by atoms with Crippen LogP contribution < -0.4 is 20.7 Å². The van der Waals surface area contributed by atoms with E-state index in [1.807, 2.05) is 0 Å². The number of hydrogen-bond acceptors (Lipinski definition) is 11. The molecule has 0 saturated carbocycles. The Balaban J connectivity index is 1.23. The fourth-order valence-electron chi connectivity index (χ4n) is 3.03. The van der Waals surface area contributed by atoms with Gasteiger partial charge in [-0.3, -0.25) is 0 Å². The van der Waals surface area contributed by atoms with Crippen molar-refractivity contribution in [3.05, 3.63) is 80.8 Å². The molecule has 0 bridgehead atoms. The molecule has 4 rings (SSSR count). The van der Waals surface area contributed by atoms with Gasteiger partial charge in [0.05, 0.1) is 24.6 Å². The minimum absolute atomic E-state index is 0.103. The van der Waals surface area contributed by atoms with Crippen molar-refractivity contribution in [1.29, 1.82) is 0 Å². The molecule has 0 unspecified atom stereocenters. The molecule has 192 valence electrons. The maximum absolute atomic E-state index is 11.6. The van der Waals surface area contributed by atoms with Gasteiger partial charge in [-0.15, -0.1) is 20.5 Å². The molecule has 13 nitrogen and oxygen atoms in total. The maximum Gasteiger partial charge on any atom is 0.384 e. The number of H-pyrrole nitrogens is 2. The first-order valence-electron chi connectivity index (χ1n) is 11.2. The first-order chi connectivity index (χ1) is 18.0. The Morgan fingerprint density at radius 1 is 0.649 bits per heavy atom. The van der Waals surface area contributed by atoms with Crippen LogP contribution in [0.25, 0.3) is 0 Å². The number of azo groups is 2. The Hall–Kier alpha value is -4.78. The molecule has 0 aliphatic carbocycles. The van der Waals surface area contributed by atoms with Crippen molar-refractivity contribution in [2.75, 3.05) is 26.4 Å². The van der Waals surface area contributed by atoms with Crippen LogP contribution in [-0.2, 0) is 4.74 Å². The van der Waals surface area contributed by atoms with Crippen LogP contribution >= 0.6 is 0 Å². The fraction of sp³-hybridized carbons (Fsp3) is 0.250. The summed E-state index contributed by atoms with van der Waals surface area (Å²) in [6.07, 6.45) is 0. The zero-order valence-corrected chi connectivity index (χ0v) is 20.1. The number of ether oxygens (including phenoxy) is 3. The van der Waals surface area contributed by atoms with Crippen LogP contribution in [0.1, 0.15) is 11.4 Å². The normalized spacial score (nSPS) is 11.5. The van der Waals surface area contributed by atoms with Crippen molar-refractivity contribution in [3.63, 3.8) is 0 Å². The summed E-state index contributed by atoms with van der Waals surface area (Å²) in [5.74, 6) is 0.990. The Labute approximate surface area is 209 Å². The van der Waals surface area contributed by atoms with Crippen molar-refractivity contribution >= 4 is 22.7 Å². The first-order valence-corrected chi connectivity index (χ1v) is 11.2. The van der Waals surface area contributed by atoms with Crippen molar-refractivity contribution in [1.82, 2.24) is 10.3 Å². The van der Waals surface area contributed by atoms with E-state index in [2.05, 4.69) is 39.8 Å². The molecule has 37 heavy (non-hydrogen) atoms. The molecular weight excluding hydrogens is 484 g/mol. The number of aromatic nitrogens is 2. The number of hydrogen-bond donors (Lipinski definition) is 2. The van der Waals surface area contributed by atoms with Crippen LogP contribution in [-0.4, -0.2) is 36.7 Å². The van der Waals surface area contributed by atoms with Crippen LogP contribution in [0.2, 0.25) is 0 Å². The summed E-state index contributed by atoms with van der Waals surface area (Å²) >= 11 is 0. The number of rotatable bonds is 12. The quantitative estimate of drug-likeness (QED) is 0.196. The van der Waals surface area contributed by atoms with Gasteiger partial charge in [-0.25, -0.2) is 19.9 Å². The molecule has 2 aromatic heterocycles. The van der Waals surface area contributed by atoms with Crippen molar-refractivity contribution in [2.24, 2.45) is 20.5 Å². The van der Waals surface area contributed by atoms with Gasteiger partial charge in [-0.1, -0.05) is 24.3 Å².